The number of carbonyl (C=O) groups excluding carboxylic acids is 2. The summed E-state index contributed by atoms with van der Waals surface area (Å²) in [4.78, 5) is 29.5. The average molecular weight is 424 g/mol. The fourth-order valence-corrected chi connectivity index (χ4v) is 2.99. The molecule has 3 aromatic rings. The van der Waals surface area contributed by atoms with E-state index < -0.39 is 6.10 Å². The van der Waals surface area contributed by atoms with Gasteiger partial charge in [-0.15, -0.1) is 0 Å². The minimum absolute atomic E-state index is 0.293. The number of rotatable bonds is 8. The molecule has 0 radical (unpaired) electrons. The maximum absolute atomic E-state index is 12.8. The van der Waals surface area contributed by atoms with Crippen LogP contribution in [0.5, 0.6) is 5.75 Å². The number of amides is 2. The highest BCUT2D eigenvalue weighted by molar-refractivity contribution is 6.30. The van der Waals surface area contributed by atoms with Crippen LogP contribution < -0.4 is 15.4 Å². The summed E-state index contributed by atoms with van der Waals surface area (Å²) in [7, 11) is 0. The molecule has 0 saturated carbocycles. The normalized spacial score (nSPS) is 11.4. The lowest BCUT2D eigenvalue weighted by Crippen LogP contribution is -2.33. The Bertz CT molecular complexity index is 1010. The molecule has 1 atom stereocenters. The van der Waals surface area contributed by atoms with E-state index in [4.69, 9.17) is 16.3 Å². The van der Waals surface area contributed by atoms with Gasteiger partial charge in [-0.1, -0.05) is 42.8 Å². The van der Waals surface area contributed by atoms with Crippen LogP contribution in [0.4, 0.5) is 5.69 Å². The van der Waals surface area contributed by atoms with Crippen LogP contribution in [0.3, 0.4) is 0 Å². The molecule has 0 aliphatic heterocycles. The van der Waals surface area contributed by atoms with Crippen LogP contribution in [-0.4, -0.2) is 22.9 Å². The van der Waals surface area contributed by atoms with Gasteiger partial charge >= 0.3 is 0 Å². The largest absolute Gasteiger partial charge is 0.481 e. The number of pyridine rings is 1. The Morgan fingerprint density at radius 3 is 2.67 bits per heavy atom. The van der Waals surface area contributed by atoms with E-state index >= 15 is 0 Å². The number of benzene rings is 2. The molecule has 3 rings (SSSR count). The number of nitrogens with one attached hydrogen (secondary N) is 2. The summed E-state index contributed by atoms with van der Waals surface area (Å²) in [5.74, 6) is -0.129. The summed E-state index contributed by atoms with van der Waals surface area (Å²) < 4.78 is 5.78. The smallest absolute Gasteiger partial charge is 0.265 e. The first-order valence-electron chi connectivity index (χ1n) is 9.56. The van der Waals surface area contributed by atoms with Crippen molar-refractivity contribution in [3.63, 3.8) is 0 Å². The molecule has 0 saturated heterocycles. The first kappa shape index (κ1) is 21.3. The SMILES string of the molecule is CCC(Oc1cccc(Cl)c1)C(=O)Nc1ccccc1C(=O)NCc1cccnc1. The van der Waals surface area contributed by atoms with Crippen LogP contribution in [0, 0.1) is 0 Å². The molecule has 0 spiro atoms. The second-order valence-corrected chi connectivity index (χ2v) is 6.99. The molecule has 0 bridgehead atoms. The van der Waals surface area contributed by atoms with Gasteiger partial charge < -0.3 is 15.4 Å². The van der Waals surface area contributed by atoms with Gasteiger partial charge in [-0.2, -0.15) is 0 Å². The molecule has 0 fully saturated rings. The van der Waals surface area contributed by atoms with Gasteiger partial charge in [-0.3, -0.25) is 14.6 Å². The lowest BCUT2D eigenvalue weighted by atomic mass is 10.1. The zero-order valence-electron chi connectivity index (χ0n) is 16.5. The van der Waals surface area contributed by atoms with Crippen molar-refractivity contribution in [2.45, 2.75) is 26.0 Å². The van der Waals surface area contributed by atoms with Gasteiger partial charge in [0.15, 0.2) is 6.10 Å². The molecule has 154 valence electrons. The van der Waals surface area contributed by atoms with E-state index in [0.717, 1.165) is 5.56 Å². The number of anilines is 1. The maximum atomic E-state index is 12.8. The zero-order valence-corrected chi connectivity index (χ0v) is 17.2. The standard InChI is InChI=1S/C23H22ClN3O3/c1-2-21(30-18-9-5-8-17(24)13-18)23(29)27-20-11-4-3-10-19(20)22(28)26-15-16-7-6-12-25-14-16/h3-14,21H,2,15H2,1H3,(H,26,28)(H,27,29). The second kappa shape index (κ2) is 10.4. The molecule has 0 aliphatic rings. The molecule has 7 heteroatoms. The molecule has 1 unspecified atom stereocenters. The Balaban J connectivity index is 1.68. The van der Waals surface area contributed by atoms with Crippen molar-refractivity contribution in [3.8, 4) is 5.75 Å². The molecule has 2 N–H and O–H groups in total. The summed E-state index contributed by atoms with van der Waals surface area (Å²) >= 11 is 5.98. The Hall–Kier alpha value is -3.38. The van der Waals surface area contributed by atoms with Crippen molar-refractivity contribution in [2.75, 3.05) is 5.32 Å². The van der Waals surface area contributed by atoms with Gasteiger partial charge in [0.2, 0.25) is 0 Å². The summed E-state index contributed by atoms with van der Waals surface area (Å²) in [5, 5.41) is 6.17. The van der Waals surface area contributed by atoms with Crippen molar-refractivity contribution >= 4 is 29.1 Å². The fraction of sp³-hybridized carbons (Fsp3) is 0.174. The number of nitrogens with zero attached hydrogens (tertiary/aromatic N) is 1. The van der Waals surface area contributed by atoms with Crippen LogP contribution in [0.25, 0.3) is 0 Å². The van der Waals surface area contributed by atoms with Crippen molar-refractivity contribution in [3.05, 3.63) is 89.2 Å². The number of hydrogen-bond donors (Lipinski definition) is 2. The number of para-hydroxylation sites is 1. The van der Waals surface area contributed by atoms with Gasteiger partial charge in [-0.05, 0) is 48.4 Å². The van der Waals surface area contributed by atoms with E-state index in [1.165, 1.54) is 0 Å². The van der Waals surface area contributed by atoms with Crippen molar-refractivity contribution in [1.29, 1.82) is 0 Å². The van der Waals surface area contributed by atoms with Crippen LogP contribution >= 0.6 is 11.6 Å². The van der Waals surface area contributed by atoms with Crippen molar-refractivity contribution in [2.24, 2.45) is 0 Å². The van der Waals surface area contributed by atoms with Gasteiger partial charge in [0.25, 0.3) is 11.8 Å². The lowest BCUT2D eigenvalue weighted by molar-refractivity contribution is -0.122. The predicted molar refractivity (Wildman–Crippen MR) is 117 cm³/mol. The minimum atomic E-state index is -0.727. The molecule has 1 aromatic heterocycles. The Labute approximate surface area is 180 Å². The molecule has 1 heterocycles. The Morgan fingerprint density at radius 1 is 1.10 bits per heavy atom. The van der Waals surface area contributed by atoms with E-state index in [2.05, 4.69) is 15.6 Å². The summed E-state index contributed by atoms with van der Waals surface area (Å²) in [6.07, 6.45) is 3.09. The first-order valence-corrected chi connectivity index (χ1v) is 9.94. The van der Waals surface area contributed by atoms with Gasteiger partial charge in [0, 0.05) is 24.0 Å². The highest BCUT2D eigenvalue weighted by Gasteiger charge is 2.21. The first-order chi connectivity index (χ1) is 14.6. The number of hydrogen-bond acceptors (Lipinski definition) is 4. The zero-order chi connectivity index (χ0) is 21.3. The fourth-order valence-electron chi connectivity index (χ4n) is 2.81. The highest BCUT2D eigenvalue weighted by atomic mass is 35.5. The topological polar surface area (TPSA) is 80.3 Å². The van der Waals surface area contributed by atoms with E-state index in [-0.39, 0.29) is 11.8 Å². The lowest BCUT2D eigenvalue weighted by Gasteiger charge is -2.18. The summed E-state index contributed by atoms with van der Waals surface area (Å²) in [5.41, 5.74) is 1.67. The molecule has 2 aromatic carbocycles. The van der Waals surface area contributed by atoms with E-state index in [0.29, 0.717) is 35.0 Å². The number of aromatic nitrogens is 1. The van der Waals surface area contributed by atoms with E-state index in [1.54, 1.807) is 67.0 Å². The molecule has 0 aliphatic carbocycles. The van der Waals surface area contributed by atoms with Gasteiger partial charge in [0.05, 0.1) is 11.3 Å². The molecule has 6 nitrogen and oxygen atoms in total. The third-order valence-electron chi connectivity index (χ3n) is 4.34. The number of ether oxygens (including phenoxy) is 1. The molecule has 2 amide bonds. The molecule has 30 heavy (non-hydrogen) atoms. The number of halogens is 1. The van der Waals surface area contributed by atoms with Gasteiger partial charge in [0.1, 0.15) is 5.75 Å². The van der Waals surface area contributed by atoms with Crippen molar-refractivity contribution in [1.82, 2.24) is 10.3 Å². The van der Waals surface area contributed by atoms with E-state index in [1.807, 2.05) is 13.0 Å². The van der Waals surface area contributed by atoms with Crippen LogP contribution in [0.1, 0.15) is 29.3 Å². The monoisotopic (exact) mass is 423 g/mol. The third-order valence-corrected chi connectivity index (χ3v) is 4.58. The van der Waals surface area contributed by atoms with Crippen LogP contribution in [0.2, 0.25) is 5.02 Å². The third kappa shape index (κ3) is 5.81. The van der Waals surface area contributed by atoms with Crippen molar-refractivity contribution < 1.29 is 14.3 Å². The van der Waals surface area contributed by atoms with E-state index in [9.17, 15) is 9.59 Å². The minimum Gasteiger partial charge on any atom is -0.481 e. The average Bonchev–Trinajstić information content (AvgIpc) is 2.77. The molecular weight excluding hydrogens is 402 g/mol. The predicted octanol–water partition coefficient (Wildman–Crippen LogP) is 4.46. The summed E-state index contributed by atoms with van der Waals surface area (Å²) in [6.45, 7) is 2.19. The number of carbonyl (C=O) groups is 2. The second-order valence-electron chi connectivity index (χ2n) is 6.55. The molecular formula is C23H22ClN3O3. The Kier molecular flexibility index (Phi) is 7.40. The highest BCUT2D eigenvalue weighted by Crippen LogP contribution is 2.21. The quantitative estimate of drug-likeness (QED) is 0.560. The van der Waals surface area contributed by atoms with Crippen LogP contribution in [0.15, 0.2) is 73.1 Å². The summed E-state index contributed by atoms with van der Waals surface area (Å²) in [6, 6.07) is 17.4. The van der Waals surface area contributed by atoms with Gasteiger partial charge in [-0.25, -0.2) is 0 Å². The maximum Gasteiger partial charge on any atom is 0.265 e. The van der Waals surface area contributed by atoms with Crippen LogP contribution in [-0.2, 0) is 11.3 Å². The Morgan fingerprint density at radius 2 is 1.93 bits per heavy atom.